The van der Waals surface area contributed by atoms with Crippen LogP contribution in [-0.4, -0.2) is 69.6 Å². The minimum atomic E-state index is -3.38. The maximum absolute atomic E-state index is 12.0. The first kappa shape index (κ1) is 19.4. The molecule has 7 heteroatoms. The third-order valence-electron chi connectivity index (χ3n) is 4.40. The number of nitrogens with zero attached hydrogens (tertiary/aromatic N) is 1. The minimum absolute atomic E-state index is 0.379. The highest BCUT2D eigenvalue weighted by Gasteiger charge is 2.31. The van der Waals surface area contributed by atoms with Crippen LogP contribution in [0.15, 0.2) is 0 Å². The second-order valence-corrected chi connectivity index (χ2v) is 9.13. The van der Waals surface area contributed by atoms with Crippen LogP contribution in [0.2, 0.25) is 0 Å². The van der Waals surface area contributed by atoms with E-state index in [2.05, 4.69) is 10.2 Å². The first-order chi connectivity index (χ1) is 10.3. The van der Waals surface area contributed by atoms with Crippen molar-refractivity contribution in [2.45, 2.75) is 44.1 Å². The zero-order chi connectivity index (χ0) is 16.8. The number of methoxy groups -OCH3 is 1. The smallest absolute Gasteiger partial charge is 0.238 e. The summed E-state index contributed by atoms with van der Waals surface area (Å²) < 4.78 is 29.0. The molecule has 1 amide bonds. The van der Waals surface area contributed by atoms with E-state index in [1.807, 2.05) is 0 Å². The molecule has 1 atom stereocenters. The Bertz CT molecular complexity index is 442. The van der Waals surface area contributed by atoms with Crippen LogP contribution in [0.4, 0.5) is 0 Å². The molecular weight excluding hydrogens is 304 g/mol. The Morgan fingerprint density at radius 1 is 1.27 bits per heavy atom. The van der Waals surface area contributed by atoms with Gasteiger partial charge in [-0.05, 0) is 52.6 Å². The molecule has 0 spiro atoms. The van der Waals surface area contributed by atoms with Gasteiger partial charge < -0.3 is 15.0 Å². The zero-order valence-corrected chi connectivity index (χ0v) is 15.0. The van der Waals surface area contributed by atoms with Gasteiger partial charge in [0.1, 0.15) is 5.25 Å². The number of sulfone groups is 1. The van der Waals surface area contributed by atoms with Gasteiger partial charge in [-0.3, -0.25) is 4.79 Å². The van der Waals surface area contributed by atoms with Crippen LogP contribution in [-0.2, 0) is 19.4 Å². The van der Waals surface area contributed by atoms with Crippen molar-refractivity contribution in [3.63, 3.8) is 0 Å². The monoisotopic (exact) mass is 334 g/mol. The largest absolute Gasteiger partial charge is 0.383 e. The molecule has 1 fully saturated rings. The fourth-order valence-electron chi connectivity index (χ4n) is 2.58. The van der Waals surface area contributed by atoms with Gasteiger partial charge in [-0.2, -0.15) is 0 Å². The molecule has 6 nitrogen and oxygen atoms in total. The molecule has 0 aromatic rings. The van der Waals surface area contributed by atoms with E-state index >= 15 is 0 Å². The van der Waals surface area contributed by atoms with Gasteiger partial charge in [0.2, 0.25) is 5.91 Å². The van der Waals surface area contributed by atoms with Gasteiger partial charge in [0.15, 0.2) is 9.84 Å². The van der Waals surface area contributed by atoms with Crippen LogP contribution in [0, 0.1) is 5.92 Å². The van der Waals surface area contributed by atoms with Crippen molar-refractivity contribution in [1.82, 2.24) is 10.2 Å². The first-order valence-corrected chi connectivity index (χ1v) is 9.61. The number of hydrogen-bond donors (Lipinski definition) is 1. The topological polar surface area (TPSA) is 75.7 Å². The lowest BCUT2D eigenvalue weighted by Gasteiger charge is -2.32. The number of carbonyl (C=O) groups is 1. The lowest BCUT2D eigenvalue weighted by atomic mass is 9.97. The second kappa shape index (κ2) is 8.84. The van der Waals surface area contributed by atoms with Crippen LogP contribution >= 0.6 is 0 Å². The van der Waals surface area contributed by atoms with E-state index in [0.29, 0.717) is 12.5 Å². The van der Waals surface area contributed by atoms with Crippen LogP contribution in [0.25, 0.3) is 0 Å². The first-order valence-electron chi connectivity index (χ1n) is 8.00. The summed E-state index contributed by atoms with van der Waals surface area (Å²) in [5.41, 5.74) is 0. The average molecular weight is 334 g/mol. The number of nitrogens with one attached hydrogen (secondary N) is 1. The Balaban J connectivity index is 2.34. The van der Waals surface area contributed by atoms with E-state index in [1.54, 1.807) is 21.0 Å². The molecule has 0 aromatic carbocycles. The van der Waals surface area contributed by atoms with Gasteiger partial charge in [-0.25, -0.2) is 8.42 Å². The van der Waals surface area contributed by atoms with Crippen molar-refractivity contribution in [3.8, 4) is 0 Å². The highest BCUT2D eigenvalue weighted by atomic mass is 32.2. The molecule has 130 valence electrons. The zero-order valence-electron chi connectivity index (χ0n) is 14.2. The lowest BCUT2D eigenvalue weighted by molar-refractivity contribution is -0.120. The predicted octanol–water partition coefficient (Wildman–Crippen LogP) is 0.673. The van der Waals surface area contributed by atoms with Crippen molar-refractivity contribution >= 4 is 15.7 Å². The molecule has 1 aliphatic heterocycles. The van der Waals surface area contributed by atoms with Crippen molar-refractivity contribution in [1.29, 1.82) is 0 Å². The van der Waals surface area contributed by atoms with Gasteiger partial charge in [-0.1, -0.05) is 0 Å². The van der Waals surface area contributed by atoms with E-state index in [4.69, 9.17) is 4.74 Å². The van der Waals surface area contributed by atoms with Gasteiger partial charge >= 0.3 is 0 Å². The summed E-state index contributed by atoms with van der Waals surface area (Å²) in [7, 11) is -1.68. The summed E-state index contributed by atoms with van der Waals surface area (Å²) in [4.78, 5) is 14.4. The number of hydrogen-bond acceptors (Lipinski definition) is 5. The number of rotatable bonds is 8. The number of carbonyl (C=O) groups excluding carboxylic acids is 1. The second-order valence-electron chi connectivity index (χ2n) is 6.30. The summed E-state index contributed by atoms with van der Waals surface area (Å²) >= 11 is 0. The van der Waals surface area contributed by atoms with Gasteiger partial charge in [-0.15, -0.1) is 0 Å². The van der Waals surface area contributed by atoms with E-state index < -0.39 is 20.3 Å². The lowest BCUT2D eigenvalue weighted by Crippen LogP contribution is -2.44. The standard InChI is InChI=1S/C15H30N2O4S/c1-12(2)22(19,20)13(3)15(18)16-11-14-5-7-17(8-6-14)9-10-21-4/h12-14H,5-11H2,1-4H3,(H,16,18)/t13-/m1/s1. The Hall–Kier alpha value is -0.660. The molecule has 0 aliphatic carbocycles. The molecular formula is C15H30N2O4S. The van der Waals surface area contributed by atoms with Crippen LogP contribution in [0.1, 0.15) is 33.6 Å². The Labute approximate surface area is 134 Å². The molecule has 1 aliphatic rings. The summed E-state index contributed by atoms with van der Waals surface area (Å²) in [6, 6.07) is 0. The number of amides is 1. The number of likely N-dealkylation sites (tertiary alicyclic amines) is 1. The average Bonchev–Trinajstić information content (AvgIpc) is 2.50. The normalized spacial score (nSPS) is 19.3. The molecule has 1 saturated heterocycles. The van der Waals surface area contributed by atoms with Gasteiger partial charge in [0.05, 0.1) is 11.9 Å². The molecule has 1 heterocycles. The third kappa shape index (κ3) is 5.52. The van der Waals surface area contributed by atoms with Crippen molar-refractivity contribution in [3.05, 3.63) is 0 Å². The fraction of sp³-hybridized carbons (Fsp3) is 0.933. The van der Waals surface area contributed by atoms with Crippen LogP contribution in [0.5, 0.6) is 0 Å². The van der Waals surface area contributed by atoms with Crippen LogP contribution < -0.4 is 5.32 Å². The summed E-state index contributed by atoms with van der Waals surface area (Å²) in [6.45, 7) is 8.94. The Morgan fingerprint density at radius 3 is 2.36 bits per heavy atom. The van der Waals surface area contributed by atoms with E-state index in [1.165, 1.54) is 6.92 Å². The summed E-state index contributed by atoms with van der Waals surface area (Å²) in [5.74, 6) is 0.0483. The van der Waals surface area contributed by atoms with E-state index in [9.17, 15) is 13.2 Å². The van der Waals surface area contributed by atoms with Crippen LogP contribution in [0.3, 0.4) is 0 Å². The molecule has 0 saturated carbocycles. The molecule has 0 radical (unpaired) electrons. The maximum atomic E-state index is 12.0. The Kier molecular flexibility index (Phi) is 7.79. The molecule has 0 bridgehead atoms. The maximum Gasteiger partial charge on any atom is 0.238 e. The fourth-order valence-corrected chi connectivity index (χ4v) is 3.78. The van der Waals surface area contributed by atoms with Crippen molar-refractivity contribution in [2.75, 3.05) is 39.9 Å². The Morgan fingerprint density at radius 2 is 1.86 bits per heavy atom. The van der Waals surface area contributed by atoms with Crippen molar-refractivity contribution in [2.24, 2.45) is 5.92 Å². The minimum Gasteiger partial charge on any atom is -0.383 e. The SMILES string of the molecule is COCCN1CCC(CNC(=O)[C@@H](C)S(=O)(=O)C(C)C)CC1. The molecule has 0 unspecified atom stereocenters. The number of piperidine rings is 1. The summed E-state index contributed by atoms with van der Waals surface area (Å²) in [6.07, 6.45) is 2.05. The molecule has 0 aromatic heterocycles. The number of ether oxygens (including phenoxy) is 1. The van der Waals surface area contributed by atoms with E-state index in [-0.39, 0.29) is 5.91 Å². The van der Waals surface area contributed by atoms with E-state index in [0.717, 1.165) is 39.1 Å². The van der Waals surface area contributed by atoms with Gasteiger partial charge in [0.25, 0.3) is 0 Å². The molecule has 1 N–H and O–H groups in total. The molecule has 1 rings (SSSR count). The highest BCUT2D eigenvalue weighted by molar-refractivity contribution is 7.93. The quantitative estimate of drug-likeness (QED) is 0.706. The van der Waals surface area contributed by atoms with Gasteiger partial charge in [0, 0.05) is 20.2 Å². The molecule has 22 heavy (non-hydrogen) atoms. The third-order valence-corrected chi connectivity index (χ3v) is 6.92. The highest BCUT2D eigenvalue weighted by Crippen LogP contribution is 2.16. The van der Waals surface area contributed by atoms with Crippen molar-refractivity contribution < 1.29 is 17.9 Å². The predicted molar refractivity (Wildman–Crippen MR) is 87.6 cm³/mol. The summed E-state index contributed by atoms with van der Waals surface area (Å²) in [5, 5.41) is 1.30.